The maximum atomic E-state index is 14.1. The highest BCUT2D eigenvalue weighted by atomic mass is 35.5. The van der Waals surface area contributed by atoms with Gasteiger partial charge in [-0.05, 0) is 54.6 Å². The normalized spacial score (nSPS) is 15.2. The van der Waals surface area contributed by atoms with Crippen molar-refractivity contribution in [3.63, 3.8) is 0 Å². The number of aromatic nitrogens is 2. The summed E-state index contributed by atoms with van der Waals surface area (Å²) in [7, 11) is 0. The first-order valence-electron chi connectivity index (χ1n) is 13.7. The molecule has 0 saturated heterocycles. The highest BCUT2D eigenvalue weighted by Crippen LogP contribution is 2.35. The van der Waals surface area contributed by atoms with Gasteiger partial charge in [0.2, 0.25) is 0 Å². The van der Waals surface area contributed by atoms with E-state index in [1.54, 1.807) is 17.6 Å². The van der Waals surface area contributed by atoms with Crippen molar-refractivity contribution in [2.75, 3.05) is 6.61 Å². The number of esters is 1. The molecule has 0 aliphatic carbocycles. The van der Waals surface area contributed by atoms with E-state index < -0.39 is 12.0 Å². The van der Waals surface area contributed by atoms with E-state index in [1.165, 1.54) is 22.7 Å². The van der Waals surface area contributed by atoms with Crippen molar-refractivity contribution in [3.05, 3.63) is 123 Å². The van der Waals surface area contributed by atoms with E-state index in [2.05, 4.69) is 29.8 Å². The molecule has 0 saturated carbocycles. The number of hydrogen-bond donors (Lipinski definition) is 0. The number of carbonyl (C=O) groups excluding carboxylic acids is 1. The van der Waals surface area contributed by atoms with Crippen LogP contribution in [-0.2, 0) is 16.1 Å². The second-order valence-corrected chi connectivity index (χ2v) is 12.7. The average molecular weight is 637 g/mol. The molecule has 2 aromatic carbocycles. The van der Waals surface area contributed by atoms with Gasteiger partial charge >= 0.3 is 5.97 Å². The fourth-order valence-corrected chi connectivity index (χ4v) is 7.49. The number of thiophene rings is 1. The molecule has 1 unspecified atom stereocenters. The molecule has 0 N–H and O–H groups in total. The molecule has 214 valence electrons. The number of allylic oxidation sites excluding steroid dienone is 1. The second-order valence-electron chi connectivity index (χ2n) is 9.91. The fourth-order valence-electron chi connectivity index (χ4n) is 5.33. The van der Waals surface area contributed by atoms with Gasteiger partial charge in [-0.3, -0.25) is 9.36 Å². The summed E-state index contributed by atoms with van der Waals surface area (Å²) in [4.78, 5) is 33.7. The molecule has 3 aromatic heterocycles. The summed E-state index contributed by atoms with van der Waals surface area (Å²) in [6.45, 7) is 4.67. The molecule has 0 spiro atoms. The van der Waals surface area contributed by atoms with E-state index in [4.69, 9.17) is 32.9 Å². The van der Waals surface area contributed by atoms with Crippen molar-refractivity contribution in [2.24, 2.45) is 4.99 Å². The molecule has 6 nitrogen and oxygen atoms in total. The van der Waals surface area contributed by atoms with Crippen molar-refractivity contribution < 1.29 is 9.53 Å². The molecule has 1 atom stereocenters. The van der Waals surface area contributed by atoms with E-state index >= 15 is 0 Å². The second kappa shape index (κ2) is 12.1. The molecular weight excluding hydrogens is 609 g/mol. The van der Waals surface area contributed by atoms with Gasteiger partial charge in [-0.25, -0.2) is 9.79 Å². The zero-order valence-electron chi connectivity index (χ0n) is 23.0. The third-order valence-corrected chi connectivity index (χ3v) is 9.79. The highest BCUT2D eigenvalue weighted by Gasteiger charge is 2.34. The van der Waals surface area contributed by atoms with Gasteiger partial charge in [-0.1, -0.05) is 78.2 Å². The van der Waals surface area contributed by atoms with Crippen LogP contribution >= 0.6 is 45.9 Å². The summed E-state index contributed by atoms with van der Waals surface area (Å²) in [6, 6.07) is 17.0. The van der Waals surface area contributed by atoms with Crippen molar-refractivity contribution in [3.8, 4) is 0 Å². The van der Waals surface area contributed by atoms with Crippen LogP contribution in [0.3, 0.4) is 0 Å². The van der Waals surface area contributed by atoms with E-state index in [9.17, 15) is 9.59 Å². The minimum Gasteiger partial charge on any atom is -0.463 e. The summed E-state index contributed by atoms with van der Waals surface area (Å²) >= 11 is 15.3. The average Bonchev–Trinajstić information content (AvgIpc) is 3.70. The minimum atomic E-state index is -0.583. The van der Waals surface area contributed by atoms with Crippen LogP contribution < -0.4 is 14.9 Å². The van der Waals surface area contributed by atoms with Crippen molar-refractivity contribution in [2.45, 2.75) is 39.3 Å². The number of fused-ring (bicyclic) bond motifs is 2. The summed E-state index contributed by atoms with van der Waals surface area (Å²) in [6.07, 6.45) is 5.40. The standard InChI is InChI=1S/C32H27Cl2N3O3S2/c1-3-8-24-28(31(39)40-4-2)29(26-11-7-14-41-26)37-30(38)27(42-32(37)35-24)16-20-18-36(25-10-6-5-9-21(20)25)17-19-12-13-22(33)23(34)15-19/h5-7,9-16,18,29H,3-4,8,17H2,1-2H3/b27-16+. The molecule has 0 fully saturated rings. The number of halogens is 2. The molecule has 1 aliphatic rings. The quantitative estimate of drug-likeness (QED) is 0.173. The first-order valence-corrected chi connectivity index (χ1v) is 16.1. The zero-order chi connectivity index (χ0) is 29.4. The van der Waals surface area contributed by atoms with Crippen LogP contribution in [-0.4, -0.2) is 21.7 Å². The van der Waals surface area contributed by atoms with Crippen molar-refractivity contribution in [1.29, 1.82) is 0 Å². The van der Waals surface area contributed by atoms with Crippen LogP contribution in [0.25, 0.3) is 17.0 Å². The number of nitrogens with zero attached hydrogens (tertiary/aromatic N) is 3. The molecule has 10 heteroatoms. The summed E-state index contributed by atoms with van der Waals surface area (Å²) in [5.41, 5.74) is 3.91. The lowest BCUT2D eigenvalue weighted by Gasteiger charge is -2.24. The third kappa shape index (κ3) is 5.28. The number of para-hydroxylation sites is 1. The maximum Gasteiger partial charge on any atom is 0.338 e. The lowest BCUT2D eigenvalue weighted by atomic mass is 9.99. The molecule has 5 aromatic rings. The van der Waals surface area contributed by atoms with Crippen LogP contribution in [0.1, 0.15) is 48.7 Å². The van der Waals surface area contributed by atoms with Crippen molar-refractivity contribution >= 4 is 68.8 Å². The highest BCUT2D eigenvalue weighted by molar-refractivity contribution is 7.10. The van der Waals surface area contributed by atoms with Crippen LogP contribution in [0.2, 0.25) is 10.0 Å². The Morgan fingerprint density at radius 1 is 1.10 bits per heavy atom. The summed E-state index contributed by atoms with van der Waals surface area (Å²) in [5, 5.41) is 4.01. The molecular formula is C32H27Cl2N3O3S2. The smallest absolute Gasteiger partial charge is 0.338 e. The number of benzene rings is 2. The van der Waals surface area contributed by atoms with Gasteiger partial charge in [-0.15, -0.1) is 11.3 Å². The van der Waals surface area contributed by atoms with E-state index in [0.29, 0.717) is 43.6 Å². The van der Waals surface area contributed by atoms with Gasteiger partial charge in [-0.2, -0.15) is 0 Å². The Kier molecular flexibility index (Phi) is 8.23. The molecule has 4 heterocycles. The third-order valence-electron chi connectivity index (χ3n) is 7.15. The predicted molar refractivity (Wildman–Crippen MR) is 171 cm³/mol. The zero-order valence-corrected chi connectivity index (χ0v) is 26.1. The fraction of sp³-hybridized carbons (Fsp3) is 0.219. The number of carbonyl (C=O) groups is 1. The van der Waals surface area contributed by atoms with Gasteiger partial charge < -0.3 is 9.30 Å². The van der Waals surface area contributed by atoms with Gasteiger partial charge in [0, 0.05) is 34.1 Å². The van der Waals surface area contributed by atoms with Crippen LogP contribution in [0.15, 0.2) is 87.2 Å². The number of rotatable bonds is 8. The largest absolute Gasteiger partial charge is 0.463 e. The molecule has 1 aliphatic heterocycles. The van der Waals surface area contributed by atoms with Gasteiger partial charge in [0.05, 0.1) is 32.5 Å². The molecule has 42 heavy (non-hydrogen) atoms. The van der Waals surface area contributed by atoms with E-state index in [0.717, 1.165) is 33.3 Å². The minimum absolute atomic E-state index is 0.184. The van der Waals surface area contributed by atoms with Crippen LogP contribution in [0.5, 0.6) is 0 Å². The Bertz CT molecular complexity index is 2020. The molecule has 0 bridgehead atoms. The van der Waals surface area contributed by atoms with Crippen LogP contribution in [0.4, 0.5) is 0 Å². The molecule has 0 radical (unpaired) electrons. The Hall–Kier alpha value is -3.43. The molecule has 6 rings (SSSR count). The van der Waals surface area contributed by atoms with E-state index in [-0.39, 0.29) is 12.2 Å². The van der Waals surface area contributed by atoms with Gasteiger partial charge in [0.1, 0.15) is 6.04 Å². The first-order chi connectivity index (χ1) is 20.4. The Balaban J connectivity index is 1.51. The summed E-state index contributed by atoms with van der Waals surface area (Å²) < 4.78 is 9.82. The SMILES string of the molecule is CCCC1=C(C(=O)OCC)C(c2cccs2)n2c(s/c(=C/c3cn(Cc4ccc(Cl)c(Cl)c4)c4ccccc34)c2=O)=N1. The predicted octanol–water partition coefficient (Wildman–Crippen LogP) is 6.95. The number of hydrogen-bond acceptors (Lipinski definition) is 6. The monoisotopic (exact) mass is 635 g/mol. The summed E-state index contributed by atoms with van der Waals surface area (Å²) in [5.74, 6) is -0.428. The number of ether oxygens (including phenoxy) is 1. The number of thiazole rings is 1. The topological polar surface area (TPSA) is 65.6 Å². The Labute approximate surface area is 260 Å². The Morgan fingerprint density at radius 3 is 2.67 bits per heavy atom. The lowest BCUT2D eigenvalue weighted by molar-refractivity contribution is -0.139. The molecule has 0 amide bonds. The Morgan fingerprint density at radius 2 is 1.93 bits per heavy atom. The van der Waals surface area contributed by atoms with Crippen molar-refractivity contribution in [1.82, 2.24) is 9.13 Å². The van der Waals surface area contributed by atoms with Crippen LogP contribution in [0, 0.1) is 0 Å². The van der Waals surface area contributed by atoms with Gasteiger partial charge in [0.25, 0.3) is 5.56 Å². The first kappa shape index (κ1) is 28.7. The lowest BCUT2D eigenvalue weighted by Crippen LogP contribution is -2.39. The van der Waals surface area contributed by atoms with E-state index in [1.807, 2.05) is 47.9 Å². The van der Waals surface area contributed by atoms with Gasteiger partial charge in [0.15, 0.2) is 4.80 Å². The maximum absolute atomic E-state index is 14.1.